The van der Waals surface area contributed by atoms with Crippen molar-refractivity contribution in [1.82, 2.24) is 0 Å². The number of fused-ring (bicyclic) bond motifs is 1. The van der Waals surface area contributed by atoms with Crippen LogP contribution in [0, 0.1) is 0 Å². The molecule has 0 aliphatic heterocycles. The fraction of sp³-hybridized carbons (Fsp3) is 0.235. The normalized spacial score (nSPS) is 8.35. The zero-order valence-corrected chi connectivity index (χ0v) is 14.9. The Labute approximate surface area is 140 Å². The maximum Gasteiger partial charge on any atom is 3.00 e. The van der Waals surface area contributed by atoms with Crippen LogP contribution in [0.5, 0.6) is 0 Å². The van der Waals surface area contributed by atoms with E-state index in [1.807, 2.05) is 0 Å². The minimum absolute atomic E-state index is 0. The molecule has 1 radical (unpaired) electrons. The van der Waals surface area contributed by atoms with Crippen molar-refractivity contribution in [3.8, 4) is 0 Å². The van der Waals surface area contributed by atoms with Crippen LogP contribution in [-0.4, -0.2) is 0 Å². The molecule has 0 atom stereocenters. The van der Waals surface area contributed by atoms with Crippen molar-refractivity contribution in [1.29, 1.82) is 0 Å². The maximum absolute atomic E-state index is 9.33. The van der Waals surface area contributed by atoms with Gasteiger partial charge in [0.15, 0.2) is 0 Å². The van der Waals surface area contributed by atoms with Crippen LogP contribution in [0.25, 0.3) is 10.8 Å². The molecule has 0 bridgehead atoms. The molecule has 0 saturated heterocycles. The van der Waals surface area contributed by atoms with Crippen LogP contribution in [0.1, 0.15) is 26.3 Å². The van der Waals surface area contributed by atoms with Gasteiger partial charge in [0, 0.05) is 0 Å². The second-order valence-corrected chi connectivity index (χ2v) is 4.25. The van der Waals surface area contributed by atoms with E-state index in [9.17, 15) is 10.2 Å². The smallest absolute Gasteiger partial charge is 0.876 e. The van der Waals surface area contributed by atoms with Gasteiger partial charge in [-0.15, -0.1) is 65.3 Å². The van der Waals surface area contributed by atoms with Gasteiger partial charge in [-0.2, -0.15) is 6.07 Å². The molecule has 20 heavy (non-hydrogen) atoms. The van der Waals surface area contributed by atoms with Crippen molar-refractivity contribution in [3.63, 3.8) is 0 Å². The topological polar surface area (TPSA) is 46.1 Å². The average molecular weight is 349 g/mol. The number of benzene rings is 1. The van der Waals surface area contributed by atoms with Gasteiger partial charge < -0.3 is 10.2 Å². The van der Waals surface area contributed by atoms with Gasteiger partial charge >= 0.3 is 26.2 Å². The first-order valence-corrected chi connectivity index (χ1v) is 6.16. The third-order valence-corrected chi connectivity index (χ3v) is 2.09. The zero-order chi connectivity index (χ0) is 14.8. The number of allylic oxidation sites excluding steroid dienone is 2. The predicted octanol–water partition coefficient (Wildman–Crippen LogP) is 2.88. The van der Waals surface area contributed by atoms with Crippen molar-refractivity contribution in [3.05, 3.63) is 66.6 Å². The molecule has 2 rings (SSSR count). The van der Waals surface area contributed by atoms with Crippen LogP contribution in [0.4, 0.5) is 0 Å². The average Bonchev–Trinajstić information content (AvgIpc) is 2.70. The van der Waals surface area contributed by atoms with E-state index in [4.69, 9.17) is 0 Å². The summed E-state index contributed by atoms with van der Waals surface area (Å²) < 4.78 is 0. The van der Waals surface area contributed by atoms with E-state index in [1.54, 1.807) is 0 Å². The van der Waals surface area contributed by atoms with Gasteiger partial charge in [-0.25, -0.2) is 0 Å². The standard InChI is InChI=1S/C11H11.2C3H6O.Zr/c1-2-9-7-10-5-3-4-6-11(10)8-9;2*1-3(2)4;/h3-8H,2H2,1H3;2*4H,1H2,2H3;/q-1;;;+3/p-2. The van der Waals surface area contributed by atoms with Crippen molar-refractivity contribution in [2.24, 2.45) is 0 Å². The molecule has 0 heterocycles. The molecule has 2 nitrogen and oxygen atoms in total. The zero-order valence-electron chi connectivity index (χ0n) is 12.4. The first-order chi connectivity index (χ1) is 8.86. The molecule has 0 N–H and O–H groups in total. The van der Waals surface area contributed by atoms with Crippen LogP contribution in [0.15, 0.2) is 61.1 Å². The van der Waals surface area contributed by atoms with Gasteiger partial charge in [-0.1, -0.05) is 26.8 Å². The van der Waals surface area contributed by atoms with E-state index in [-0.39, 0.29) is 37.7 Å². The summed E-state index contributed by atoms with van der Waals surface area (Å²) in [5.74, 6) is -0.167. The van der Waals surface area contributed by atoms with E-state index in [0.717, 1.165) is 6.42 Å². The van der Waals surface area contributed by atoms with Crippen molar-refractivity contribution >= 4 is 10.8 Å². The summed E-state index contributed by atoms with van der Waals surface area (Å²) in [5, 5.41) is 21.4. The Morgan fingerprint density at radius 1 is 1.10 bits per heavy atom. The molecular formula is C17H21O2Zr. The van der Waals surface area contributed by atoms with E-state index < -0.39 is 0 Å². The first kappa shape index (κ1) is 21.1. The summed E-state index contributed by atoms with van der Waals surface area (Å²) in [4.78, 5) is 0. The Kier molecular flexibility index (Phi) is 12.2. The van der Waals surface area contributed by atoms with E-state index >= 15 is 0 Å². The second-order valence-electron chi connectivity index (χ2n) is 4.25. The van der Waals surface area contributed by atoms with Crippen LogP contribution >= 0.6 is 0 Å². The molecule has 0 aromatic heterocycles. The van der Waals surface area contributed by atoms with Crippen molar-refractivity contribution < 1.29 is 36.4 Å². The van der Waals surface area contributed by atoms with Crippen LogP contribution in [-0.2, 0) is 32.6 Å². The number of rotatable bonds is 1. The summed E-state index contributed by atoms with van der Waals surface area (Å²) in [5.41, 5.74) is 1.44. The minimum atomic E-state index is -0.0833. The van der Waals surface area contributed by atoms with Crippen LogP contribution < -0.4 is 10.2 Å². The van der Waals surface area contributed by atoms with E-state index in [0.29, 0.717) is 0 Å². The quantitative estimate of drug-likeness (QED) is 0.588. The summed E-state index contributed by atoms with van der Waals surface area (Å²) >= 11 is 0. The fourth-order valence-electron chi connectivity index (χ4n) is 1.42. The van der Waals surface area contributed by atoms with Gasteiger partial charge in [-0.3, -0.25) is 0 Å². The van der Waals surface area contributed by atoms with Gasteiger partial charge in [0.25, 0.3) is 0 Å². The Morgan fingerprint density at radius 3 is 1.95 bits per heavy atom. The van der Waals surface area contributed by atoms with Crippen molar-refractivity contribution in [2.75, 3.05) is 0 Å². The largest absolute Gasteiger partial charge is 3.00 e. The number of hydrogen-bond donors (Lipinski definition) is 0. The SMILES string of the molecule is C=C(C)[O-].C=C(C)[O-].CCc1cc2ccccc2[cH-]1.[Zr+3]. The number of hydrogen-bond acceptors (Lipinski definition) is 2. The molecule has 0 unspecified atom stereocenters. The van der Waals surface area contributed by atoms with Gasteiger partial charge in [0.1, 0.15) is 0 Å². The second kappa shape index (κ2) is 11.6. The van der Waals surface area contributed by atoms with Crippen molar-refractivity contribution in [2.45, 2.75) is 27.2 Å². The summed E-state index contributed by atoms with van der Waals surface area (Å²) in [6.45, 7) is 11.0. The molecular weight excluding hydrogens is 327 g/mol. The molecule has 0 fully saturated rings. The Balaban J connectivity index is 0. The molecule has 105 valence electrons. The third-order valence-electron chi connectivity index (χ3n) is 2.09. The molecule has 2 aromatic rings. The van der Waals surface area contributed by atoms with E-state index in [2.05, 4.69) is 56.5 Å². The molecule has 0 aliphatic rings. The molecule has 0 spiro atoms. The Hall–Kier alpha value is -1.21. The van der Waals surface area contributed by atoms with Gasteiger partial charge in [-0.05, 0) is 6.42 Å². The molecule has 0 aliphatic carbocycles. The monoisotopic (exact) mass is 347 g/mol. The summed E-state index contributed by atoms with van der Waals surface area (Å²) in [6.07, 6.45) is 1.13. The molecule has 0 saturated carbocycles. The van der Waals surface area contributed by atoms with Crippen LogP contribution in [0.3, 0.4) is 0 Å². The first-order valence-electron chi connectivity index (χ1n) is 6.16. The fourth-order valence-corrected chi connectivity index (χ4v) is 1.42. The summed E-state index contributed by atoms with van der Waals surface area (Å²) in [6, 6.07) is 13.0. The van der Waals surface area contributed by atoms with Gasteiger partial charge in [0.05, 0.1) is 0 Å². The maximum atomic E-state index is 9.33. The molecule has 0 amide bonds. The molecule has 3 heteroatoms. The summed E-state index contributed by atoms with van der Waals surface area (Å²) in [7, 11) is 0. The third kappa shape index (κ3) is 10.7. The Bertz CT molecular complexity index is 474. The minimum Gasteiger partial charge on any atom is -0.876 e. The predicted molar refractivity (Wildman–Crippen MR) is 78.5 cm³/mol. The van der Waals surface area contributed by atoms with Gasteiger partial charge in [0.2, 0.25) is 0 Å². The Morgan fingerprint density at radius 2 is 1.55 bits per heavy atom. The van der Waals surface area contributed by atoms with E-state index in [1.165, 1.54) is 30.2 Å². The number of aryl methyl sites for hydroxylation is 1. The molecule has 2 aromatic carbocycles. The van der Waals surface area contributed by atoms with Crippen LogP contribution in [0.2, 0.25) is 0 Å².